The highest BCUT2D eigenvalue weighted by Crippen LogP contribution is 2.24. The summed E-state index contributed by atoms with van der Waals surface area (Å²) in [6.45, 7) is 8.57. The molecule has 1 fully saturated rings. The van der Waals surface area contributed by atoms with Crippen molar-refractivity contribution in [3.05, 3.63) is 18.0 Å². The number of hydrogen-bond acceptors (Lipinski definition) is 3. The van der Waals surface area contributed by atoms with E-state index < -0.39 is 0 Å². The van der Waals surface area contributed by atoms with E-state index >= 15 is 0 Å². The molecule has 0 aliphatic carbocycles. The predicted octanol–water partition coefficient (Wildman–Crippen LogP) is 3.49. The third-order valence-electron chi connectivity index (χ3n) is 4.15. The largest absolute Gasteiger partial charge is 0.337 e. The van der Waals surface area contributed by atoms with Crippen molar-refractivity contribution in [1.82, 2.24) is 14.7 Å². The van der Waals surface area contributed by atoms with Crippen LogP contribution in [0.2, 0.25) is 0 Å². The van der Waals surface area contributed by atoms with E-state index in [-0.39, 0.29) is 5.91 Å². The first-order valence-corrected chi connectivity index (χ1v) is 9.07. The zero-order valence-electron chi connectivity index (χ0n) is 13.6. The topological polar surface area (TPSA) is 38.1 Å². The standard InChI is InChI=1S/C16H27N3OS/c1-12(2)18-9-8-15(17-18)10-21-11-16(20)19-13(3)6-5-7-14(19)4/h8-9,12-14H,5-7,10-11H2,1-4H3/t13-,14-/m0/s1. The van der Waals surface area contributed by atoms with Crippen LogP contribution in [0.5, 0.6) is 0 Å². The summed E-state index contributed by atoms with van der Waals surface area (Å²) >= 11 is 1.67. The fourth-order valence-electron chi connectivity index (χ4n) is 2.97. The minimum atomic E-state index is 0.281. The van der Waals surface area contributed by atoms with Gasteiger partial charge in [-0.3, -0.25) is 9.48 Å². The summed E-state index contributed by atoms with van der Waals surface area (Å²) in [5.41, 5.74) is 1.06. The highest BCUT2D eigenvalue weighted by atomic mass is 32.2. The number of carbonyl (C=O) groups is 1. The van der Waals surface area contributed by atoms with Crippen LogP contribution in [0.1, 0.15) is 58.7 Å². The quantitative estimate of drug-likeness (QED) is 0.835. The van der Waals surface area contributed by atoms with Crippen LogP contribution in [-0.2, 0) is 10.5 Å². The van der Waals surface area contributed by atoms with Crippen LogP contribution in [0, 0.1) is 0 Å². The molecule has 0 saturated carbocycles. The number of nitrogens with zero attached hydrogens (tertiary/aromatic N) is 3. The fourth-order valence-corrected chi connectivity index (χ4v) is 3.76. The van der Waals surface area contributed by atoms with E-state index in [0.717, 1.165) is 24.3 Å². The minimum absolute atomic E-state index is 0.281. The van der Waals surface area contributed by atoms with Gasteiger partial charge in [0.05, 0.1) is 11.4 Å². The van der Waals surface area contributed by atoms with Crippen LogP contribution in [0.15, 0.2) is 12.3 Å². The Kier molecular flexibility index (Phi) is 5.73. The Morgan fingerprint density at radius 2 is 2.05 bits per heavy atom. The van der Waals surface area contributed by atoms with Gasteiger partial charge in [-0.25, -0.2) is 0 Å². The Bertz CT molecular complexity index is 462. The smallest absolute Gasteiger partial charge is 0.233 e. The average molecular weight is 309 g/mol. The van der Waals surface area contributed by atoms with Crippen LogP contribution in [0.4, 0.5) is 0 Å². The third-order valence-corrected chi connectivity index (χ3v) is 5.10. The van der Waals surface area contributed by atoms with Crippen molar-refractivity contribution in [3.8, 4) is 0 Å². The monoisotopic (exact) mass is 309 g/mol. The molecule has 1 aliphatic rings. The lowest BCUT2D eigenvalue weighted by Gasteiger charge is -2.39. The number of amides is 1. The SMILES string of the molecule is CC(C)n1ccc(CSCC(=O)N2[C@@H](C)CCC[C@@H]2C)n1. The molecular formula is C16H27N3OS. The molecule has 1 aromatic rings. The van der Waals surface area contributed by atoms with E-state index in [9.17, 15) is 4.79 Å². The fraction of sp³-hybridized carbons (Fsp3) is 0.750. The van der Waals surface area contributed by atoms with E-state index in [4.69, 9.17) is 0 Å². The molecular weight excluding hydrogens is 282 g/mol. The van der Waals surface area contributed by atoms with Crippen molar-refractivity contribution < 1.29 is 4.79 Å². The summed E-state index contributed by atoms with van der Waals surface area (Å²) < 4.78 is 1.96. The van der Waals surface area contributed by atoms with E-state index in [1.165, 1.54) is 6.42 Å². The molecule has 1 aromatic heterocycles. The number of likely N-dealkylation sites (tertiary alicyclic amines) is 1. The molecule has 0 bridgehead atoms. The van der Waals surface area contributed by atoms with Gasteiger partial charge in [0.25, 0.3) is 0 Å². The van der Waals surface area contributed by atoms with Gasteiger partial charge in [-0.05, 0) is 53.0 Å². The van der Waals surface area contributed by atoms with Gasteiger partial charge >= 0.3 is 0 Å². The Labute approximate surface area is 132 Å². The van der Waals surface area contributed by atoms with E-state index in [1.54, 1.807) is 11.8 Å². The number of piperidine rings is 1. The molecule has 1 amide bonds. The molecule has 0 aromatic carbocycles. The van der Waals surface area contributed by atoms with Gasteiger partial charge in [-0.15, -0.1) is 11.8 Å². The number of aromatic nitrogens is 2. The van der Waals surface area contributed by atoms with Crippen molar-refractivity contribution in [1.29, 1.82) is 0 Å². The number of carbonyl (C=O) groups excluding carboxylic acids is 1. The molecule has 4 nitrogen and oxygen atoms in total. The second kappa shape index (κ2) is 7.34. The van der Waals surface area contributed by atoms with E-state index in [1.807, 2.05) is 16.9 Å². The molecule has 1 aliphatic heterocycles. The normalized spacial score (nSPS) is 22.8. The minimum Gasteiger partial charge on any atom is -0.337 e. The van der Waals surface area contributed by atoms with Crippen molar-refractivity contribution in [3.63, 3.8) is 0 Å². The van der Waals surface area contributed by atoms with Crippen LogP contribution in [-0.4, -0.2) is 38.4 Å². The first-order chi connectivity index (χ1) is 9.99. The van der Waals surface area contributed by atoms with Crippen LogP contribution >= 0.6 is 11.8 Å². The van der Waals surface area contributed by atoms with Gasteiger partial charge in [0.1, 0.15) is 0 Å². The molecule has 0 radical (unpaired) electrons. The molecule has 2 rings (SSSR count). The van der Waals surface area contributed by atoms with Gasteiger partial charge in [0.15, 0.2) is 0 Å². The van der Waals surface area contributed by atoms with Gasteiger partial charge in [0, 0.05) is 30.1 Å². The summed E-state index contributed by atoms with van der Waals surface area (Å²) in [7, 11) is 0. The second-order valence-corrected chi connectivity index (χ2v) is 7.29. The molecule has 21 heavy (non-hydrogen) atoms. The lowest BCUT2D eigenvalue weighted by Crippen LogP contribution is -2.48. The third kappa shape index (κ3) is 4.25. The van der Waals surface area contributed by atoms with Gasteiger partial charge in [0.2, 0.25) is 5.91 Å². The summed E-state index contributed by atoms with van der Waals surface area (Å²) in [6.07, 6.45) is 5.53. The zero-order valence-corrected chi connectivity index (χ0v) is 14.4. The summed E-state index contributed by atoms with van der Waals surface area (Å²) in [4.78, 5) is 14.5. The first kappa shape index (κ1) is 16.4. The molecule has 118 valence electrons. The number of thioether (sulfide) groups is 1. The van der Waals surface area contributed by atoms with E-state index in [2.05, 4.69) is 37.7 Å². The zero-order chi connectivity index (χ0) is 15.4. The van der Waals surface area contributed by atoms with Crippen molar-refractivity contribution in [2.75, 3.05) is 5.75 Å². The lowest BCUT2D eigenvalue weighted by atomic mass is 9.98. The Balaban J connectivity index is 1.80. The Morgan fingerprint density at radius 1 is 1.38 bits per heavy atom. The van der Waals surface area contributed by atoms with Crippen LogP contribution < -0.4 is 0 Å². The summed E-state index contributed by atoms with van der Waals surface area (Å²) in [5, 5.41) is 4.52. The first-order valence-electron chi connectivity index (χ1n) is 7.92. The number of rotatable bonds is 5. The summed E-state index contributed by atoms with van der Waals surface area (Å²) in [6, 6.07) is 3.22. The average Bonchev–Trinajstić information content (AvgIpc) is 2.87. The molecule has 0 spiro atoms. The lowest BCUT2D eigenvalue weighted by molar-refractivity contribution is -0.134. The Morgan fingerprint density at radius 3 is 2.62 bits per heavy atom. The van der Waals surface area contributed by atoms with E-state index in [0.29, 0.717) is 23.9 Å². The molecule has 2 heterocycles. The van der Waals surface area contributed by atoms with Crippen LogP contribution in [0.3, 0.4) is 0 Å². The molecule has 5 heteroatoms. The maximum absolute atomic E-state index is 12.4. The van der Waals surface area contributed by atoms with Crippen molar-refractivity contribution >= 4 is 17.7 Å². The van der Waals surface area contributed by atoms with Gasteiger partial charge in [-0.2, -0.15) is 5.10 Å². The highest BCUT2D eigenvalue weighted by molar-refractivity contribution is 7.99. The van der Waals surface area contributed by atoms with Crippen molar-refractivity contribution in [2.24, 2.45) is 0 Å². The predicted molar refractivity (Wildman–Crippen MR) is 88.4 cm³/mol. The van der Waals surface area contributed by atoms with Gasteiger partial charge in [-0.1, -0.05) is 0 Å². The molecule has 0 N–H and O–H groups in total. The Hall–Kier alpha value is -0.970. The van der Waals surface area contributed by atoms with Gasteiger partial charge < -0.3 is 4.90 Å². The summed E-state index contributed by atoms with van der Waals surface area (Å²) in [5.74, 6) is 1.65. The number of hydrogen-bond donors (Lipinski definition) is 0. The second-order valence-electron chi connectivity index (χ2n) is 6.30. The molecule has 0 unspecified atom stereocenters. The van der Waals surface area contributed by atoms with Crippen LogP contribution in [0.25, 0.3) is 0 Å². The maximum Gasteiger partial charge on any atom is 0.233 e. The molecule has 2 atom stereocenters. The molecule has 1 saturated heterocycles. The van der Waals surface area contributed by atoms with Crippen molar-refractivity contribution in [2.45, 2.75) is 70.8 Å². The maximum atomic E-state index is 12.4. The highest BCUT2D eigenvalue weighted by Gasteiger charge is 2.28.